The summed E-state index contributed by atoms with van der Waals surface area (Å²) in [4.78, 5) is 20.5. The van der Waals surface area contributed by atoms with E-state index in [-0.39, 0.29) is 5.91 Å². The Morgan fingerprint density at radius 1 is 1.04 bits per heavy atom. The number of hydrogen-bond acceptors (Lipinski definition) is 3. The molecule has 1 amide bonds. The summed E-state index contributed by atoms with van der Waals surface area (Å²) in [6.45, 7) is 3.94. The van der Waals surface area contributed by atoms with Crippen LogP contribution in [-0.4, -0.2) is 28.9 Å². The van der Waals surface area contributed by atoms with Crippen molar-refractivity contribution in [3.8, 4) is 21.6 Å². The van der Waals surface area contributed by atoms with E-state index in [1.54, 1.807) is 11.3 Å². The lowest BCUT2D eigenvalue weighted by Crippen LogP contribution is -2.35. The van der Waals surface area contributed by atoms with Crippen LogP contribution in [0.3, 0.4) is 0 Å². The van der Waals surface area contributed by atoms with Gasteiger partial charge in [-0.1, -0.05) is 25.5 Å². The van der Waals surface area contributed by atoms with Gasteiger partial charge in [-0.25, -0.2) is 0 Å². The van der Waals surface area contributed by atoms with E-state index in [0.717, 1.165) is 55.6 Å². The van der Waals surface area contributed by atoms with Gasteiger partial charge in [-0.2, -0.15) is 0 Å². The van der Waals surface area contributed by atoms with Gasteiger partial charge in [0.2, 0.25) is 0 Å². The fraction of sp³-hybridized carbons (Fsp3) is 0.333. The monoisotopic (exact) mass is 390 g/mol. The highest BCUT2D eigenvalue weighted by molar-refractivity contribution is 7.14. The molecule has 1 aromatic carbocycles. The normalized spacial score (nSPS) is 14.2. The van der Waals surface area contributed by atoms with Gasteiger partial charge in [0.05, 0.1) is 0 Å². The van der Waals surface area contributed by atoms with Crippen LogP contribution in [0.4, 0.5) is 0 Å². The minimum absolute atomic E-state index is 0.162. The molecule has 1 aliphatic heterocycles. The number of aryl methyl sites for hydroxylation is 1. The highest BCUT2D eigenvalue weighted by Crippen LogP contribution is 2.33. The molecule has 0 spiro atoms. The highest BCUT2D eigenvalue weighted by Gasteiger charge is 2.18. The molecule has 28 heavy (non-hydrogen) atoms. The molecule has 0 bridgehead atoms. The molecule has 4 heteroatoms. The van der Waals surface area contributed by atoms with Gasteiger partial charge >= 0.3 is 0 Å². The minimum atomic E-state index is 0.162. The Labute approximate surface area is 171 Å². The molecule has 3 aromatic rings. The van der Waals surface area contributed by atoms with Crippen LogP contribution in [0.2, 0.25) is 0 Å². The predicted octanol–water partition coefficient (Wildman–Crippen LogP) is 6.06. The number of thiophene rings is 1. The fourth-order valence-electron chi connectivity index (χ4n) is 3.77. The molecule has 1 fully saturated rings. The smallest absolute Gasteiger partial charge is 0.253 e. The number of nitrogens with zero attached hydrogens (tertiary/aromatic N) is 2. The molecule has 3 heterocycles. The standard InChI is InChI=1S/C24H26N2OS/c1-2-7-22-15-19(10-11-25-22)23-16-21(17-28-23)18-8-6-9-20(14-18)24(27)26-12-4-3-5-13-26/h6,8-11,14-17H,2-5,7,12-13H2,1H3. The topological polar surface area (TPSA) is 33.2 Å². The van der Waals surface area contributed by atoms with E-state index >= 15 is 0 Å². The van der Waals surface area contributed by atoms with Gasteiger partial charge in [0.25, 0.3) is 5.91 Å². The molecule has 0 atom stereocenters. The van der Waals surface area contributed by atoms with Gasteiger partial charge in [-0.05, 0) is 78.1 Å². The van der Waals surface area contributed by atoms with Crippen molar-refractivity contribution in [3.63, 3.8) is 0 Å². The number of rotatable bonds is 5. The van der Waals surface area contributed by atoms with E-state index in [1.165, 1.54) is 22.4 Å². The zero-order valence-corrected chi connectivity index (χ0v) is 17.2. The molecule has 0 unspecified atom stereocenters. The van der Waals surface area contributed by atoms with Crippen LogP contribution in [0.5, 0.6) is 0 Å². The summed E-state index contributed by atoms with van der Waals surface area (Å²) >= 11 is 1.74. The summed E-state index contributed by atoms with van der Waals surface area (Å²) in [6, 6.07) is 14.6. The third kappa shape index (κ3) is 4.17. The zero-order chi connectivity index (χ0) is 19.3. The van der Waals surface area contributed by atoms with Crippen molar-refractivity contribution in [3.05, 3.63) is 65.3 Å². The molecule has 3 nitrogen and oxygen atoms in total. The molecule has 4 rings (SSSR count). The summed E-state index contributed by atoms with van der Waals surface area (Å²) in [5.74, 6) is 0.162. The highest BCUT2D eigenvalue weighted by atomic mass is 32.1. The predicted molar refractivity (Wildman–Crippen MR) is 117 cm³/mol. The van der Waals surface area contributed by atoms with Crippen molar-refractivity contribution < 1.29 is 4.79 Å². The number of benzene rings is 1. The van der Waals surface area contributed by atoms with E-state index in [9.17, 15) is 4.79 Å². The fourth-order valence-corrected chi connectivity index (χ4v) is 4.69. The number of piperidine rings is 1. The second kappa shape index (κ2) is 8.70. The van der Waals surface area contributed by atoms with Crippen LogP contribution < -0.4 is 0 Å². The van der Waals surface area contributed by atoms with Crippen molar-refractivity contribution >= 4 is 17.2 Å². The molecule has 0 aliphatic carbocycles. The van der Waals surface area contributed by atoms with E-state index in [4.69, 9.17) is 0 Å². The van der Waals surface area contributed by atoms with E-state index in [0.29, 0.717) is 0 Å². The van der Waals surface area contributed by atoms with Gasteiger partial charge in [-0.15, -0.1) is 11.3 Å². The summed E-state index contributed by atoms with van der Waals surface area (Å²) in [5, 5.41) is 2.18. The van der Waals surface area contributed by atoms with Crippen molar-refractivity contribution in [1.82, 2.24) is 9.88 Å². The summed E-state index contributed by atoms with van der Waals surface area (Å²) in [6.07, 6.45) is 7.47. The quantitative estimate of drug-likeness (QED) is 0.531. The van der Waals surface area contributed by atoms with E-state index < -0.39 is 0 Å². The van der Waals surface area contributed by atoms with Gasteiger partial charge in [0, 0.05) is 35.4 Å². The third-order valence-corrected chi connectivity index (χ3v) is 6.27. The summed E-state index contributed by atoms with van der Waals surface area (Å²) < 4.78 is 0. The average molecular weight is 391 g/mol. The maximum Gasteiger partial charge on any atom is 0.253 e. The molecule has 0 N–H and O–H groups in total. The Morgan fingerprint density at radius 2 is 1.89 bits per heavy atom. The molecule has 144 valence electrons. The molecular formula is C24H26N2OS. The first-order valence-electron chi connectivity index (χ1n) is 10.2. The maximum absolute atomic E-state index is 12.8. The SMILES string of the molecule is CCCc1cc(-c2cc(-c3cccc(C(=O)N4CCCCC4)c3)cs2)ccn1. The van der Waals surface area contributed by atoms with Crippen LogP contribution in [0.1, 0.15) is 48.7 Å². The Morgan fingerprint density at radius 3 is 2.71 bits per heavy atom. The third-order valence-electron chi connectivity index (χ3n) is 5.29. The van der Waals surface area contributed by atoms with Crippen LogP contribution in [0.25, 0.3) is 21.6 Å². The Kier molecular flexibility index (Phi) is 5.87. The zero-order valence-electron chi connectivity index (χ0n) is 16.4. The molecule has 0 radical (unpaired) electrons. The number of aromatic nitrogens is 1. The van der Waals surface area contributed by atoms with Crippen LogP contribution >= 0.6 is 11.3 Å². The lowest BCUT2D eigenvalue weighted by atomic mass is 10.0. The number of hydrogen-bond donors (Lipinski definition) is 0. The van der Waals surface area contributed by atoms with E-state index in [1.807, 2.05) is 29.3 Å². The second-order valence-electron chi connectivity index (χ2n) is 7.42. The number of amides is 1. The van der Waals surface area contributed by atoms with E-state index in [2.05, 4.69) is 41.6 Å². The lowest BCUT2D eigenvalue weighted by molar-refractivity contribution is 0.0724. The molecule has 1 aliphatic rings. The van der Waals surface area contributed by atoms with Crippen molar-refractivity contribution in [1.29, 1.82) is 0 Å². The largest absolute Gasteiger partial charge is 0.339 e. The number of likely N-dealkylation sites (tertiary alicyclic amines) is 1. The van der Waals surface area contributed by atoms with Gasteiger partial charge in [0.15, 0.2) is 0 Å². The number of carbonyl (C=O) groups is 1. The van der Waals surface area contributed by atoms with Crippen LogP contribution in [0, 0.1) is 0 Å². The molecular weight excluding hydrogens is 364 g/mol. The molecule has 1 saturated heterocycles. The van der Waals surface area contributed by atoms with Gasteiger partial charge in [0.1, 0.15) is 0 Å². The number of carbonyl (C=O) groups excluding carboxylic acids is 1. The summed E-state index contributed by atoms with van der Waals surface area (Å²) in [7, 11) is 0. The molecule has 0 saturated carbocycles. The average Bonchev–Trinajstić information content (AvgIpc) is 3.25. The Balaban J connectivity index is 1.57. The van der Waals surface area contributed by atoms with Crippen LogP contribution in [-0.2, 0) is 6.42 Å². The first kappa shape index (κ1) is 18.9. The Hall–Kier alpha value is -2.46. The Bertz CT molecular complexity index is 956. The van der Waals surface area contributed by atoms with Crippen molar-refractivity contribution in [2.75, 3.05) is 13.1 Å². The van der Waals surface area contributed by atoms with Gasteiger partial charge in [-0.3, -0.25) is 9.78 Å². The second-order valence-corrected chi connectivity index (χ2v) is 8.33. The van der Waals surface area contributed by atoms with Gasteiger partial charge < -0.3 is 4.90 Å². The first-order valence-corrected chi connectivity index (χ1v) is 11.1. The van der Waals surface area contributed by atoms with Crippen LogP contribution in [0.15, 0.2) is 54.0 Å². The van der Waals surface area contributed by atoms with Crippen molar-refractivity contribution in [2.24, 2.45) is 0 Å². The lowest BCUT2D eigenvalue weighted by Gasteiger charge is -2.26. The van der Waals surface area contributed by atoms with Crippen molar-refractivity contribution in [2.45, 2.75) is 39.0 Å². The minimum Gasteiger partial charge on any atom is -0.339 e. The summed E-state index contributed by atoms with van der Waals surface area (Å²) in [5.41, 5.74) is 5.43. The maximum atomic E-state index is 12.8. The molecule has 2 aromatic heterocycles. The first-order chi connectivity index (χ1) is 13.7. The number of pyridine rings is 1.